The molecule has 2 aliphatic heterocycles. The molecule has 3 aromatic carbocycles. The number of ether oxygens (including phenoxy) is 3. The normalized spacial score (nSPS) is 15.9. The van der Waals surface area contributed by atoms with Gasteiger partial charge in [-0.25, -0.2) is 4.98 Å². The molecule has 1 saturated heterocycles. The maximum Gasteiger partial charge on any atom is 0.142 e. The predicted molar refractivity (Wildman–Crippen MR) is 212 cm³/mol. The van der Waals surface area contributed by atoms with Crippen molar-refractivity contribution in [3.8, 4) is 34.4 Å². The molecule has 0 amide bonds. The Morgan fingerprint density at radius 1 is 0.907 bits per heavy atom. The summed E-state index contributed by atoms with van der Waals surface area (Å²) in [7, 11) is 0. The van der Waals surface area contributed by atoms with Crippen molar-refractivity contribution in [2.75, 3.05) is 32.8 Å². The SMILES string of the molecule is Cc1nc2c(s1)CN(Cc1cc(Cl)c(OCc3cccc(-c4cccc(OCCCN5CC[C@@H](O)C5)c4C)c3C)cc1OCc1cncc(C#N)c1)CC2. The maximum absolute atomic E-state index is 9.82. The first kappa shape index (κ1) is 37.8. The molecule has 0 unspecified atom stereocenters. The van der Waals surface area contributed by atoms with Gasteiger partial charge < -0.3 is 24.2 Å². The second-order valence-electron chi connectivity index (χ2n) is 14.2. The van der Waals surface area contributed by atoms with Gasteiger partial charge in [-0.05, 0) is 79.6 Å². The molecule has 9 nitrogen and oxygen atoms in total. The minimum Gasteiger partial charge on any atom is -0.493 e. The summed E-state index contributed by atoms with van der Waals surface area (Å²) in [6.07, 6.45) is 5.74. The van der Waals surface area contributed by atoms with Crippen LogP contribution in [0.5, 0.6) is 17.2 Å². The lowest BCUT2D eigenvalue weighted by molar-refractivity contribution is 0.173. The van der Waals surface area contributed by atoms with E-state index in [4.69, 9.17) is 30.8 Å². The van der Waals surface area contributed by atoms with Crippen LogP contribution in [0.25, 0.3) is 11.1 Å². The minimum absolute atomic E-state index is 0.199. The van der Waals surface area contributed by atoms with Crippen LogP contribution in [0.4, 0.5) is 0 Å². The van der Waals surface area contributed by atoms with Gasteiger partial charge in [0.25, 0.3) is 0 Å². The van der Waals surface area contributed by atoms with Crippen LogP contribution in [0.1, 0.15) is 61.8 Å². The number of benzene rings is 3. The number of aliphatic hydroxyl groups is 1. The van der Waals surface area contributed by atoms with Gasteiger partial charge in [0.2, 0.25) is 0 Å². The molecule has 54 heavy (non-hydrogen) atoms. The smallest absolute Gasteiger partial charge is 0.142 e. The van der Waals surface area contributed by atoms with E-state index in [1.54, 1.807) is 29.8 Å². The summed E-state index contributed by atoms with van der Waals surface area (Å²) in [6, 6.07) is 20.3. The highest BCUT2D eigenvalue weighted by molar-refractivity contribution is 7.11. The Balaban J connectivity index is 1.06. The van der Waals surface area contributed by atoms with E-state index in [9.17, 15) is 10.4 Å². The van der Waals surface area contributed by atoms with Crippen molar-refractivity contribution in [3.63, 3.8) is 0 Å². The molecule has 2 aliphatic rings. The van der Waals surface area contributed by atoms with Crippen molar-refractivity contribution in [1.82, 2.24) is 19.8 Å². The molecule has 5 aromatic rings. The van der Waals surface area contributed by atoms with Gasteiger partial charge in [0.05, 0.1) is 34.0 Å². The molecule has 0 bridgehead atoms. The van der Waals surface area contributed by atoms with Crippen LogP contribution in [0.2, 0.25) is 5.02 Å². The number of β-amino-alcohol motifs (C(OH)–C–C–N with tert-alkyl or cyclic N) is 1. The highest BCUT2D eigenvalue weighted by atomic mass is 35.5. The molecule has 0 radical (unpaired) electrons. The highest BCUT2D eigenvalue weighted by Crippen LogP contribution is 2.37. The Bertz CT molecular complexity index is 2150. The average Bonchev–Trinajstić information content (AvgIpc) is 3.77. The number of aryl methyl sites for hydroxylation is 1. The summed E-state index contributed by atoms with van der Waals surface area (Å²) >= 11 is 8.71. The number of rotatable bonds is 14. The minimum atomic E-state index is -0.199. The summed E-state index contributed by atoms with van der Waals surface area (Å²) in [5, 5.41) is 20.8. The number of aliphatic hydroxyl groups excluding tert-OH is 1. The van der Waals surface area contributed by atoms with Crippen molar-refractivity contribution >= 4 is 22.9 Å². The summed E-state index contributed by atoms with van der Waals surface area (Å²) in [5.74, 6) is 2.11. The fraction of sp³-hybridized carbons (Fsp3) is 0.372. The van der Waals surface area contributed by atoms with Gasteiger partial charge in [0.15, 0.2) is 0 Å². The number of nitrogens with zero attached hydrogens (tertiary/aromatic N) is 5. The van der Waals surface area contributed by atoms with E-state index >= 15 is 0 Å². The second kappa shape index (κ2) is 17.3. The Morgan fingerprint density at radius 3 is 2.54 bits per heavy atom. The third-order valence-electron chi connectivity index (χ3n) is 10.3. The van der Waals surface area contributed by atoms with Crippen LogP contribution >= 0.6 is 22.9 Å². The highest BCUT2D eigenvalue weighted by Gasteiger charge is 2.23. The molecule has 0 spiro atoms. The Labute approximate surface area is 326 Å². The summed E-state index contributed by atoms with van der Waals surface area (Å²) in [5.41, 5.74) is 9.00. The second-order valence-corrected chi connectivity index (χ2v) is 15.9. The topological polar surface area (TPSA) is 104 Å². The van der Waals surface area contributed by atoms with Crippen molar-refractivity contribution in [1.29, 1.82) is 5.26 Å². The van der Waals surface area contributed by atoms with Gasteiger partial charge in [0, 0.05) is 80.2 Å². The van der Waals surface area contributed by atoms with Crippen LogP contribution in [-0.2, 0) is 32.7 Å². The molecular formula is C43H46ClN5O4S. The van der Waals surface area contributed by atoms with E-state index < -0.39 is 0 Å². The van der Waals surface area contributed by atoms with E-state index in [2.05, 4.69) is 65.9 Å². The van der Waals surface area contributed by atoms with Crippen LogP contribution in [0, 0.1) is 32.1 Å². The summed E-state index contributed by atoms with van der Waals surface area (Å²) < 4.78 is 19.1. The van der Waals surface area contributed by atoms with E-state index in [0.29, 0.717) is 41.8 Å². The number of aromatic nitrogens is 2. The third kappa shape index (κ3) is 9.06. The van der Waals surface area contributed by atoms with Crippen molar-refractivity contribution < 1.29 is 19.3 Å². The Hall–Kier alpha value is -4.50. The fourth-order valence-electron chi connectivity index (χ4n) is 7.32. The number of fused-ring (bicyclic) bond motifs is 1. The van der Waals surface area contributed by atoms with Crippen LogP contribution < -0.4 is 14.2 Å². The first-order valence-corrected chi connectivity index (χ1v) is 19.7. The number of pyridine rings is 1. The first-order valence-electron chi connectivity index (χ1n) is 18.6. The summed E-state index contributed by atoms with van der Waals surface area (Å²) in [6.45, 7) is 12.5. The number of halogens is 1. The zero-order valence-electron chi connectivity index (χ0n) is 31.1. The molecule has 1 N–H and O–H groups in total. The number of thiazole rings is 1. The van der Waals surface area contributed by atoms with Gasteiger partial charge >= 0.3 is 0 Å². The fourth-order valence-corrected chi connectivity index (χ4v) is 8.59. The molecule has 0 saturated carbocycles. The average molecular weight is 764 g/mol. The predicted octanol–water partition coefficient (Wildman–Crippen LogP) is 8.21. The van der Waals surface area contributed by atoms with E-state index in [-0.39, 0.29) is 12.7 Å². The quantitative estimate of drug-likeness (QED) is 0.112. The first-order chi connectivity index (χ1) is 26.2. The number of hydrogen-bond donors (Lipinski definition) is 1. The lowest BCUT2D eigenvalue weighted by atomic mass is 9.93. The molecule has 0 aliphatic carbocycles. The Kier molecular flexibility index (Phi) is 12.1. The molecule has 1 atom stereocenters. The van der Waals surface area contributed by atoms with E-state index in [1.165, 1.54) is 10.6 Å². The standard InChI is InChI=1S/C43H46ClN5O4S/c1-28-33(7-4-8-36(28)37-9-5-10-40(29(37)2)51-16-6-13-48-14-11-35(50)24-48)27-53-42-19-41(52-26-32-17-31(20-45)21-46-22-32)34(18-38(42)44)23-49-15-12-39-43(25-49)54-30(3)47-39/h4-5,7-10,17-19,21-22,35,50H,6,11-16,23-27H2,1-3H3/t35-/m1/s1. The third-order valence-corrected chi connectivity index (χ3v) is 11.6. The zero-order valence-corrected chi connectivity index (χ0v) is 32.7. The summed E-state index contributed by atoms with van der Waals surface area (Å²) in [4.78, 5) is 14.9. The van der Waals surface area contributed by atoms with Crippen LogP contribution in [0.3, 0.4) is 0 Å². The van der Waals surface area contributed by atoms with Crippen LogP contribution in [0.15, 0.2) is 67.0 Å². The molecule has 7 rings (SSSR count). The van der Waals surface area contributed by atoms with Gasteiger partial charge in [-0.1, -0.05) is 41.9 Å². The maximum atomic E-state index is 9.82. The lowest BCUT2D eigenvalue weighted by Crippen LogP contribution is -2.29. The number of nitriles is 1. The molecule has 4 heterocycles. The van der Waals surface area contributed by atoms with Crippen molar-refractivity contribution in [3.05, 3.63) is 121 Å². The van der Waals surface area contributed by atoms with E-state index in [1.807, 2.05) is 24.3 Å². The number of hydrogen-bond acceptors (Lipinski definition) is 10. The van der Waals surface area contributed by atoms with E-state index in [0.717, 1.165) is 102 Å². The molecule has 1 fully saturated rings. The monoisotopic (exact) mass is 763 g/mol. The van der Waals surface area contributed by atoms with Crippen LogP contribution in [-0.4, -0.2) is 63.8 Å². The molecule has 280 valence electrons. The van der Waals surface area contributed by atoms with Crippen molar-refractivity contribution in [2.24, 2.45) is 0 Å². The van der Waals surface area contributed by atoms with Gasteiger partial charge in [-0.3, -0.25) is 9.88 Å². The molecule has 11 heteroatoms. The van der Waals surface area contributed by atoms with Gasteiger partial charge in [-0.2, -0.15) is 5.26 Å². The molecular weight excluding hydrogens is 718 g/mol. The van der Waals surface area contributed by atoms with Crippen molar-refractivity contribution in [2.45, 2.75) is 72.4 Å². The van der Waals surface area contributed by atoms with Gasteiger partial charge in [0.1, 0.15) is 36.5 Å². The Morgan fingerprint density at radius 2 is 1.72 bits per heavy atom. The zero-order chi connectivity index (χ0) is 37.6. The van der Waals surface area contributed by atoms with Gasteiger partial charge in [-0.15, -0.1) is 11.3 Å². The number of likely N-dealkylation sites (tertiary alicyclic amines) is 1. The lowest BCUT2D eigenvalue weighted by Gasteiger charge is -2.27. The molecule has 2 aromatic heterocycles. The largest absolute Gasteiger partial charge is 0.493 e.